The van der Waals surface area contributed by atoms with Crippen LogP contribution in [0, 0.1) is 18.8 Å². The number of hydrogen-bond donors (Lipinski definition) is 2. The molecule has 2 bridgehead atoms. The van der Waals surface area contributed by atoms with E-state index >= 15 is 0 Å². The quantitative estimate of drug-likeness (QED) is 0.282. The van der Waals surface area contributed by atoms with E-state index in [-0.39, 0.29) is 23.9 Å². The number of aromatic nitrogens is 2. The predicted octanol–water partition coefficient (Wildman–Crippen LogP) is 6.74. The fraction of sp³-hybridized carbons (Fsp3) is 0.400. The molecule has 42 heavy (non-hydrogen) atoms. The zero-order valence-corrected chi connectivity index (χ0v) is 24.7. The van der Waals surface area contributed by atoms with Crippen molar-refractivity contribution in [2.45, 2.75) is 71.0 Å². The number of aryl methyl sites for hydroxylation is 3. The SMILES string of the molecule is COC(=O)N[C@H](C(=O)N1[C@@H]2CC[C@H](C2)[C@H]1c1nc2ccc(-c3ccc4c(c3)CCc3cc(C)ccc3-4)cc2[nH]1)C(C)C. The molecule has 4 aromatic rings. The molecule has 7 rings (SSSR count). The topological polar surface area (TPSA) is 87.3 Å². The Morgan fingerprint density at radius 3 is 2.45 bits per heavy atom. The molecule has 0 radical (unpaired) electrons. The van der Waals surface area contributed by atoms with Gasteiger partial charge in [0.25, 0.3) is 0 Å². The molecule has 0 unspecified atom stereocenters. The number of imidazole rings is 1. The molecule has 2 aliphatic carbocycles. The van der Waals surface area contributed by atoms with Crippen molar-refractivity contribution in [3.63, 3.8) is 0 Å². The van der Waals surface area contributed by atoms with Crippen molar-refractivity contribution in [2.24, 2.45) is 11.8 Å². The average Bonchev–Trinajstić information content (AvgIpc) is 3.73. The monoisotopic (exact) mass is 562 g/mol. The molecule has 2 amide bonds. The first-order valence-corrected chi connectivity index (χ1v) is 15.2. The maximum atomic E-state index is 13.9. The molecule has 7 heteroatoms. The number of alkyl carbamates (subject to hydrolysis) is 1. The minimum Gasteiger partial charge on any atom is -0.453 e. The highest BCUT2D eigenvalue weighted by atomic mass is 16.5. The van der Waals surface area contributed by atoms with Gasteiger partial charge in [-0.05, 0) is 96.4 Å². The second-order valence-electron chi connectivity index (χ2n) is 12.7. The van der Waals surface area contributed by atoms with E-state index in [9.17, 15) is 9.59 Å². The first kappa shape index (κ1) is 26.7. The van der Waals surface area contributed by atoms with Crippen LogP contribution < -0.4 is 5.32 Å². The lowest BCUT2D eigenvalue weighted by atomic mass is 9.83. The number of benzene rings is 3. The molecule has 0 spiro atoms. The minimum absolute atomic E-state index is 0.0560. The molecule has 2 heterocycles. The van der Waals surface area contributed by atoms with Gasteiger partial charge in [-0.2, -0.15) is 0 Å². The average molecular weight is 563 g/mol. The van der Waals surface area contributed by atoms with E-state index in [1.165, 1.54) is 40.5 Å². The number of amides is 2. The molecule has 216 valence electrons. The number of methoxy groups -OCH3 is 1. The third-order valence-electron chi connectivity index (χ3n) is 9.66. The van der Waals surface area contributed by atoms with Gasteiger partial charge in [-0.25, -0.2) is 9.78 Å². The third-order valence-corrected chi connectivity index (χ3v) is 9.66. The number of nitrogens with one attached hydrogen (secondary N) is 2. The highest BCUT2D eigenvalue weighted by molar-refractivity contribution is 5.87. The number of hydrogen-bond acceptors (Lipinski definition) is 4. The van der Waals surface area contributed by atoms with Crippen LogP contribution in [0.2, 0.25) is 0 Å². The van der Waals surface area contributed by atoms with Crippen LogP contribution in [0.25, 0.3) is 33.3 Å². The summed E-state index contributed by atoms with van der Waals surface area (Å²) in [4.78, 5) is 36.5. The highest BCUT2D eigenvalue weighted by Gasteiger charge is 2.51. The summed E-state index contributed by atoms with van der Waals surface area (Å²) in [5.41, 5.74) is 11.1. The predicted molar refractivity (Wildman–Crippen MR) is 164 cm³/mol. The van der Waals surface area contributed by atoms with E-state index in [0.29, 0.717) is 5.92 Å². The lowest BCUT2D eigenvalue weighted by Crippen LogP contribution is -2.54. The molecule has 2 N–H and O–H groups in total. The van der Waals surface area contributed by atoms with Crippen molar-refractivity contribution < 1.29 is 14.3 Å². The number of carbonyl (C=O) groups is 2. The summed E-state index contributed by atoms with van der Waals surface area (Å²) in [6, 6.07) is 19.4. The Kier molecular flexibility index (Phi) is 6.56. The molecule has 3 aliphatic rings. The second-order valence-corrected chi connectivity index (χ2v) is 12.7. The second kappa shape index (κ2) is 10.3. The lowest BCUT2D eigenvalue weighted by molar-refractivity contribution is -0.139. The van der Waals surface area contributed by atoms with Gasteiger partial charge < -0.3 is 19.9 Å². The van der Waals surface area contributed by atoms with E-state index in [1.807, 2.05) is 18.7 Å². The Hall–Kier alpha value is -4.13. The molecule has 1 aliphatic heterocycles. The van der Waals surface area contributed by atoms with Crippen LogP contribution in [-0.4, -0.2) is 46.1 Å². The maximum absolute atomic E-state index is 13.9. The first-order valence-electron chi connectivity index (χ1n) is 15.2. The van der Waals surface area contributed by atoms with E-state index < -0.39 is 12.1 Å². The van der Waals surface area contributed by atoms with Crippen LogP contribution >= 0.6 is 0 Å². The summed E-state index contributed by atoms with van der Waals surface area (Å²) in [6.45, 7) is 6.06. The fourth-order valence-corrected chi connectivity index (χ4v) is 7.57. The van der Waals surface area contributed by atoms with Crippen LogP contribution in [0.3, 0.4) is 0 Å². The molecular formula is C35H38N4O3. The largest absolute Gasteiger partial charge is 0.453 e. The van der Waals surface area contributed by atoms with Gasteiger partial charge in [0, 0.05) is 6.04 Å². The Bertz CT molecular complexity index is 1710. The van der Waals surface area contributed by atoms with E-state index in [1.54, 1.807) is 0 Å². The van der Waals surface area contributed by atoms with Crippen molar-refractivity contribution in [3.8, 4) is 22.3 Å². The van der Waals surface area contributed by atoms with Crippen LogP contribution in [0.1, 0.15) is 61.7 Å². The van der Waals surface area contributed by atoms with Gasteiger partial charge in [0.1, 0.15) is 11.9 Å². The van der Waals surface area contributed by atoms with Crippen LogP contribution in [0.5, 0.6) is 0 Å². The van der Waals surface area contributed by atoms with Gasteiger partial charge in [0.15, 0.2) is 0 Å². The standard InChI is InChI=1S/C35H38N4O3/c1-19(2)31(38-35(41)42-4)34(40)39-26-11-8-25(17-26)32(39)33-36-29-14-10-22(18-30(29)37-33)21-9-13-28-24(16-21)7-6-23-15-20(3)5-12-27(23)28/h5,9-10,12-16,18-19,25-26,31-32H,6-8,11,17H2,1-4H3,(H,36,37)(H,38,41)/t25-,26-,31+,32+/m1/s1. The zero-order valence-electron chi connectivity index (χ0n) is 24.7. The summed E-state index contributed by atoms with van der Waals surface area (Å²) >= 11 is 0. The molecule has 2 fully saturated rings. The number of ether oxygens (including phenoxy) is 1. The van der Waals surface area contributed by atoms with Gasteiger partial charge in [-0.3, -0.25) is 4.79 Å². The first-order chi connectivity index (χ1) is 20.3. The van der Waals surface area contributed by atoms with Gasteiger partial charge >= 0.3 is 6.09 Å². The molecule has 1 saturated heterocycles. The van der Waals surface area contributed by atoms with Crippen LogP contribution in [0.4, 0.5) is 4.79 Å². The summed E-state index contributed by atoms with van der Waals surface area (Å²) in [5, 5.41) is 2.77. The normalized spacial score (nSPS) is 21.4. The third kappa shape index (κ3) is 4.46. The molecule has 1 aromatic heterocycles. The molecule has 1 saturated carbocycles. The van der Waals surface area contributed by atoms with E-state index in [0.717, 1.165) is 54.5 Å². The van der Waals surface area contributed by atoms with E-state index in [2.05, 4.69) is 71.8 Å². The lowest BCUT2D eigenvalue weighted by Gasteiger charge is -2.37. The molecule has 7 nitrogen and oxygen atoms in total. The number of carbonyl (C=O) groups excluding carboxylic acids is 2. The number of aromatic amines is 1. The fourth-order valence-electron chi connectivity index (χ4n) is 7.57. The van der Waals surface area contributed by atoms with Crippen molar-refractivity contribution in [3.05, 3.63) is 77.1 Å². The molecule has 4 atom stereocenters. The maximum Gasteiger partial charge on any atom is 0.407 e. The zero-order chi connectivity index (χ0) is 29.1. The number of rotatable bonds is 5. The Labute approximate surface area is 246 Å². The van der Waals surface area contributed by atoms with Crippen molar-refractivity contribution in [1.82, 2.24) is 20.2 Å². The van der Waals surface area contributed by atoms with Crippen molar-refractivity contribution in [1.29, 1.82) is 0 Å². The van der Waals surface area contributed by atoms with Crippen molar-refractivity contribution in [2.75, 3.05) is 7.11 Å². The Morgan fingerprint density at radius 1 is 0.976 bits per heavy atom. The Balaban J connectivity index is 1.19. The van der Waals surface area contributed by atoms with Crippen molar-refractivity contribution >= 4 is 23.0 Å². The van der Waals surface area contributed by atoms with Gasteiger partial charge in [-0.1, -0.05) is 61.9 Å². The number of fused-ring (bicyclic) bond motifs is 6. The van der Waals surface area contributed by atoms with Gasteiger partial charge in [0.2, 0.25) is 5.91 Å². The minimum atomic E-state index is -0.643. The molecule has 3 aromatic carbocycles. The number of nitrogens with zero attached hydrogens (tertiary/aromatic N) is 2. The van der Waals surface area contributed by atoms with Crippen LogP contribution in [0.15, 0.2) is 54.6 Å². The summed E-state index contributed by atoms with van der Waals surface area (Å²) < 4.78 is 4.82. The smallest absolute Gasteiger partial charge is 0.407 e. The van der Waals surface area contributed by atoms with Gasteiger partial charge in [0.05, 0.1) is 24.2 Å². The number of piperidine rings is 1. The summed E-state index contributed by atoms with van der Waals surface area (Å²) in [5.74, 6) is 1.07. The number of likely N-dealkylation sites (tertiary alicyclic amines) is 1. The van der Waals surface area contributed by atoms with E-state index in [4.69, 9.17) is 9.72 Å². The van der Waals surface area contributed by atoms with Gasteiger partial charge in [-0.15, -0.1) is 0 Å². The molecular weight excluding hydrogens is 524 g/mol. The van der Waals surface area contributed by atoms with Crippen LogP contribution in [-0.2, 0) is 22.4 Å². The summed E-state index contributed by atoms with van der Waals surface area (Å²) in [7, 11) is 1.32. The Morgan fingerprint density at radius 2 is 1.69 bits per heavy atom. The highest BCUT2D eigenvalue weighted by Crippen LogP contribution is 2.50. The summed E-state index contributed by atoms with van der Waals surface area (Å²) in [6.07, 6.45) is 4.58. The number of H-pyrrole nitrogens is 1.